The van der Waals surface area contributed by atoms with Crippen molar-refractivity contribution in [2.75, 3.05) is 5.32 Å². The zero-order valence-corrected chi connectivity index (χ0v) is 24.6. The first kappa shape index (κ1) is 28.6. The number of nitro groups is 1. The number of hydrogen-bond donors (Lipinski definition) is 1. The van der Waals surface area contributed by atoms with Crippen LogP contribution >= 0.6 is 11.6 Å². The number of para-hydroxylation sites is 1. The van der Waals surface area contributed by atoms with Crippen LogP contribution in [0.25, 0.3) is 11.1 Å². The molecule has 1 aliphatic heterocycles. The van der Waals surface area contributed by atoms with Gasteiger partial charge in [-0.1, -0.05) is 92.2 Å². The van der Waals surface area contributed by atoms with Crippen molar-refractivity contribution in [1.29, 1.82) is 0 Å². The Balaban J connectivity index is 0.000000191. The lowest BCUT2D eigenvalue weighted by Gasteiger charge is -2.24. The number of rotatable bonds is 5. The molecular formula is C35H36ClN3O2. The maximum absolute atomic E-state index is 10.8. The second kappa shape index (κ2) is 12.7. The summed E-state index contributed by atoms with van der Waals surface area (Å²) in [4.78, 5) is 14.5. The number of fused-ring (bicyclic) bond motifs is 5. The molecule has 0 saturated carbocycles. The molecule has 6 rings (SSSR count). The lowest BCUT2D eigenvalue weighted by molar-refractivity contribution is -0.383. The molecule has 6 heteroatoms. The fourth-order valence-electron chi connectivity index (χ4n) is 5.91. The predicted octanol–water partition coefficient (Wildman–Crippen LogP) is 7.83. The molecule has 3 aromatic carbocycles. The molecule has 1 N–H and O–H groups in total. The largest absolute Gasteiger partial charge is 0.354 e. The van der Waals surface area contributed by atoms with Crippen molar-refractivity contribution in [2.24, 2.45) is 10.9 Å². The monoisotopic (exact) mass is 565 g/mol. The average Bonchev–Trinajstić information content (AvgIpc) is 3.19. The van der Waals surface area contributed by atoms with Crippen LogP contribution in [-0.4, -0.2) is 11.1 Å². The van der Waals surface area contributed by atoms with Crippen LogP contribution in [0.3, 0.4) is 0 Å². The molecule has 2 aliphatic carbocycles. The molecule has 0 bridgehead atoms. The van der Waals surface area contributed by atoms with Crippen molar-refractivity contribution >= 4 is 40.3 Å². The maximum atomic E-state index is 10.8. The first-order chi connectivity index (χ1) is 19.9. The molecule has 0 aromatic heterocycles. The minimum atomic E-state index is -0.409. The van der Waals surface area contributed by atoms with Gasteiger partial charge in [-0.3, -0.25) is 15.1 Å². The van der Waals surface area contributed by atoms with E-state index in [2.05, 4.69) is 78.8 Å². The normalized spacial score (nSPS) is 16.7. The quantitative estimate of drug-likeness (QED) is 0.195. The van der Waals surface area contributed by atoms with Gasteiger partial charge in [-0.2, -0.15) is 0 Å². The molecule has 0 unspecified atom stereocenters. The van der Waals surface area contributed by atoms with E-state index in [0.717, 1.165) is 29.1 Å². The van der Waals surface area contributed by atoms with E-state index in [-0.39, 0.29) is 5.69 Å². The number of nitrogens with zero attached hydrogens (tertiary/aromatic N) is 2. The summed E-state index contributed by atoms with van der Waals surface area (Å²) in [6.45, 7) is 6.39. The van der Waals surface area contributed by atoms with E-state index in [9.17, 15) is 10.1 Å². The van der Waals surface area contributed by atoms with Gasteiger partial charge >= 0.3 is 0 Å². The molecule has 0 fully saturated rings. The van der Waals surface area contributed by atoms with Crippen LogP contribution in [-0.2, 0) is 6.42 Å². The average molecular weight is 566 g/mol. The zero-order chi connectivity index (χ0) is 28.9. The number of nitro benzene ring substituents is 1. The summed E-state index contributed by atoms with van der Waals surface area (Å²) in [5.74, 6) is 1.21. The summed E-state index contributed by atoms with van der Waals surface area (Å²) in [5, 5.41) is 19.9. The molecule has 1 atom stereocenters. The van der Waals surface area contributed by atoms with Gasteiger partial charge in [0.1, 0.15) is 5.69 Å². The Morgan fingerprint density at radius 3 is 2.61 bits per heavy atom. The van der Waals surface area contributed by atoms with Crippen molar-refractivity contribution in [2.45, 2.75) is 58.8 Å². The second-order valence-corrected chi connectivity index (χ2v) is 11.2. The summed E-state index contributed by atoms with van der Waals surface area (Å²) < 4.78 is 0. The van der Waals surface area contributed by atoms with Crippen LogP contribution in [0.2, 0.25) is 0 Å². The molecule has 1 heterocycles. The van der Waals surface area contributed by atoms with Crippen molar-refractivity contribution < 1.29 is 4.92 Å². The zero-order valence-electron chi connectivity index (χ0n) is 23.9. The van der Waals surface area contributed by atoms with Crippen LogP contribution in [0.1, 0.15) is 69.1 Å². The third kappa shape index (κ3) is 6.06. The number of anilines is 1. The molecule has 0 radical (unpaired) electrons. The van der Waals surface area contributed by atoms with E-state index in [1.54, 1.807) is 24.5 Å². The number of halogens is 1. The molecule has 41 heavy (non-hydrogen) atoms. The third-order valence-electron chi connectivity index (χ3n) is 8.21. The van der Waals surface area contributed by atoms with E-state index in [4.69, 9.17) is 11.6 Å². The van der Waals surface area contributed by atoms with Crippen LogP contribution in [0.15, 0.2) is 83.6 Å². The standard InChI is InChI=1S/C25H27Cl.C10H9N3O2/c1-3-17(4-2)12-13-18-8-7-9-19-14-15-21-20-10-5-6-11-22(20)24(26)16-23(21)25(18)19;1-7-5-12-10-8(6-11-7)3-2-4-9(10)13(14)15/h5-6,9-15,17-18H,3-4,7-8,16H2,1-2H3;2-6,12H,1H3/t18-;/m0./s1. The van der Waals surface area contributed by atoms with Gasteiger partial charge in [0.15, 0.2) is 0 Å². The summed E-state index contributed by atoms with van der Waals surface area (Å²) in [7, 11) is 0. The van der Waals surface area contributed by atoms with E-state index < -0.39 is 4.92 Å². The van der Waals surface area contributed by atoms with Crippen molar-refractivity contribution in [3.05, 3.63) is 126 Å². The minimum absolute atomic E-state index is 0.0601. The van der Waals surface area contributed by atoms with Crippen LogP contribution < -0.4 is 15.8 Å². The SMILES string of the molecule is CC1=CNc2c(cccc2[N+](=O)[O-])C=N1.CCC(C=C[C@@H]1CCC=c2ccc3c(c21)CC(Cl)=c1ccccc1=3)CC. The van der Waals surface area contributed by atoms with E-state index >= 15 is 0 Å². The Kier molecular flexibility index (Phi) is 8.84. The van der Waals surface area contributed by atoms with Crippen LogP contribution in [0, 0.1) is 26.5 Å². The maximum Gasteiger partial charge on any atom is 0.293 e. The summed E-state index contributed by atoms with van der Waals surface area (Å²) in [5.41, 5.74) is 5.01. The van der Waals surface area contributed by atoms with Gasteiger partial charge in [0.2, 0.25) is 0 Å². The van der Waals surface area contributed by atoms with Gasteiger partial charge in [-0.25, -0.2) is 0 Å². The smallest absolute Gasteiger partial charge is 0.293 e. The fraction of sp³-hybridized carbons (Fsp3) is 0.286. The van der Waals surface area contributed by atoms with E-state index in [1.807, 2.05) is 6.92 Å². The number of allylic oxidation sites excluding steroid dienone is 3. The molecule has 0 spiro atoms. The highest BCUT2D eigenvalue weighted by Crippen LogP contribution is 2.32. The topological polar surface area (TPSA) is 67.5 Å². The lowest BCUT2D eigenvalue weighted by atomic mass is 9.81. The van der Waals surface area contributed by atoms with Gasteiger partial charge in [-0.15, -0.1) is 0 Å². The highest BCUT2D eigenvalue weighted by Gasteiger charge is 2.21. The molecule has 3 aliphatic rings. The Bertz CT molecular complexity index is 1780. The molecule has 0 amide bonds. The van der Waals surface area contributed by atoms with Crippen LogP contribution in [0.5, 0.6) is 0 Å². The van der Waals surface area contributed by atoms with Crippen LogP contribution in [0.4, 0.5) is 11.4 Å². The lowest BCUT2D eigenvalue weighted by Crippen LogP contribution is -2.23. The minimum Gasteiger partial charge on any atom is -0.354 e. The molecular weight excluding hydrogens is 530 g/mol. The second-order valence-electron chi connectivity index (χ2n) is 10.8. The van der Waals surface area contributed by atoms with Gasteiger partial charge in [0.25, 0.3) is 5.69 Å². The molecule has 5 nitrogen and oxygen atoms in total. The molecule has 210 valence electrons. The highest BCUT2D eigenvalue weighted by atomic mass is 35.5. The number of hydrogen-bond acceptors (Lipinski definition) is 4. The van der Waals surface area contributed by atoms with E-state index in [1.165, 1.54) is 57.3 Å². The Labute approximate surface area is 246 Å². The first-order valence-electron chi connectivity index (χ1n) is 14.4. The Hall–Kier alpha value is -3.96. The first-order valence-corrected chi connectivity index (χ1v) is 14.8. The predicted molar refractivity (Wildman–Crippen MR) is 170 cm³/mol. The third-order valence-corrected chi connectivity index (χ3v) is 8.55. The van der Waals surface area contributed by atoms with E-state index in [0.29, 0.717) is 17.5 Å². The Morgan fingerprint density at radius 2 is 1.85 bits per heavy atom. The summed E-state index contributed by atoms with van der Waals surface area (Å²) >= 11 is 6.73. The van der Waals surface area contributed by atoms with Gasteiger partial charge in [-0.05, 0) is 70.5 Å². The molecule has 3 aromatic rings. The van der Waals surface area contributed by atoms with Crippen molar-refractivity contribution in [3.8, 4) is 0 Å². The van der Waals surface area contributed by atoms with Gasteiger partial charge < -0.3 is 5.32 Å². The number of nitrogens with one attached hydrogen (secondary N) is 1. The Morgan fingerprint density at radius 1 is 1.07 bits per heavy atom. The highest BCUT2D eigenvalue weighted by molar-refractivity contribution is 6.45. The number of benzene rings is 3. The van der Waals surface area contributed by atoms with Gasteiger partial charge in [0.05, 0.1) is 10.6 Å². The number of aliphatic imine (C=N–C) groups is 1. The van der Waals surface area contributed by atoms with Crippen molar-refractivity contribution in [1.82, 2.24) is 0 Å². The van der Waals surface area contributed by atoms with Gasteiger partial charge in [0, 0.05) is 41.4 Å². The van der Waals surface area contributed by atoms with Crippen molar-refractivity contribution in [3.63, 3.8) is 0 Å². The summed E-state index contributed by atoms with van der Waals surface area (Å²) in [6.07, 6.45) is 16.3. The molecule has 0 saturated heterocycles. The fourth-order valence-corrected chi connectivity index (χ4v) is 6.21. The summed E-state index contributed by atoms with van der Waals surface area (Å²) in [6, 6.07) is 18.1.